The van der Waals surface area contributed by atoms with Crippen LogP contribution in [0, 0.1) is 0 Å². The number of carboxylic acids is 1. The second-order valence-electron chi connectivity index (χ2n) is 6.48. The summed E-state index contributed by atoms with van der Waals surface area (Å²) in [5.41, 5.74) is 0.998. The van der Waals surface area contributed by atoms with Crippen LogP contribution in [0.25, 0.3) is 0 Å². The molecule has 7 nitrogen and oxygen atoms in total. The van der Waals surface area contributed by atoms with Gasteiger partial charge in [-0.1, -0.05) is 18.2 Å². The number of sulfonamides is 1. The number of rotatable bonds is 7. The van der Waals surface area contributed by atoms with Gasteiger partial charge in [-0.2, -0.15) is 13.1 Å². The highest BCUT2D eigenvalue weighted by molar-refractivity contribution is 7.88. The minimum absolute atomic E-state index is 0.0270. The van der Waals surface area contributed by atoms with Crippen LogP contribution in [0.2, 0.25) is 0 Å². The molecule has 1 aliphatic heterocycles. The quantitative estimate of drug-likeness (QED) is 0.733. The summed E-state index contributed by atoms with van der Waals surface area (Å²) in [6.07, 6.45) is 0. The molecule has 1 heterocycles. The number of hydrogen-bond donors (Lipinski definition) is 1. The van der Waals surface area contributed by atoms with Crippen LogP contribution >= 0.6 is 0 Å². The molecular formula is C19H20F2N2O5S. The van der Waals surface area contributed by atoms with Crippen molar-refractivity contribution in [1.29, 1.82) is 0 Å². The monoisotopic (exact) mass is 426 g/mol. The van der Waals surface area contributed by atoms with Crippen LogP contribution in [0.5, 0.6) is 5.75 Å². The zero-order valence-electron chi connectivity index (χ0n) is 15.4. The summed E-state index contributed by atoms with van der Waals surface area (Å²) in [5.74, 6) is -1.49. The molecule has 0 radical (unpaired) electrons. The molecule has 0 atom stereocenters. The van der Waals surface area contributed by atoms with Gasteiger partial charge in [-0.3, -0.25) is 0 Å². The van der Waals surface area contributed by atoms with Crippen LogP contribution in [0.15, 0.2) is 48.5 Å². The van der Waals surface area contributed by atoms with Crippen molar-refractivity contribution in [2.45, 2.75) is 12.4 Å². The molecule has 1 fully saturated rings. The minimum Gasteiger partial charge on any atom is -0.478 e. The SMILES string of the molecule is O=C(O)c1ccccc1CS(=O)(=O)N1CCN(c2ccc(OC(F)F)cc2)CC1. The van der Waals surface area contributed by atoms with Gasteiger partial charge in [-0.25, -0.2) is 13.2 Å². The standard InChI is InChI=1S/C19H20F2N2O5S/c20-19(21)28-16-7-5-15(6-8-16)22-9-11-23(12-10-22)29(26,27)13-14-3-1-2-4-17(14)18(24)25/h1-8,19H,9-13H2,(H,24,25). The van der Waals surface area contributed by atoms with E-state index in [1.54, 1.807) is 24.3 Å². The van der Waals surface area contributed by atoms with Crippen molar-refractivity contribution >= 4 is 21.7 Å². The van der Waals surface area contributed by atoms with Gasteiger partial charge in [0, 0.05) is 31.9 Å². The fraction of sp³-hybridized carbons (Fsp3) is 0.316. The Morgan fingerprint density at radius 2 is 1.66 bits per heavy atom. The summed E-state index contributed by atoms with van der Waals surface area (Å²) in [6.45, 7) is -1.55. The summed E-state index contributed by atoms with van der Waals surface area (Å²) in [4.78, 5) is 13.2. The van der Waals surface area contributed by atoms with Crippen molar-refractivity contribution in [3.8, 4) is 5.75 Å². The topological polar surface area (TPSA) is 87.1 Å². The van der Waals surface area contributed by atoms with Gasteiger partial charge >= 0.3 is 12.6 Å². The maximum atomic E-state index is 12.7. The molecule has 29 heavy (non-hydrogen) atoms. The minimum atomic E-state index is -3.68. The lowest BCUT2D eigenvalue weighted by atomic mass is 10.1. The Morgan fingerprint density at radius 3 is 2.24 bits per heavy atom. The van der Waals surface area contributed by atoms with Gasteiger partial charge in [-0.05, 0) is 35.9 Å². The maximum Gasteiger partial charge on any atom is 0.387 e. The van der Waals surface area contributed by atoms with Crippen molar-refractivity contribution in [2.24, 2.45) is 0 Å². The van der Waals surface area contributed by atoms with Gasteiger partial charge in [-0.15, -0.1) is 0 Å². The zero-order valence-corrected chi connectivity index (χ0v) is 16.2. The largest absolute Gasteiger partial charge is 0.478 e. The lowest BCUT2D eigenvalue weighted by Crippen LogP contribution is -2.49. The smallest absolute Gasteiger partial charge is 0.387 e. The Morgan fingerprint density at radius 1 is 1.03 bits per heavy atom. The van der Waals surface area contributed by atoms with Gasteiger partial charge in [0.15, 0.2) is 0 Å². The fourth-order valence-corrected chi connectivity index (χ4v) is 4.75. The molecular weight excluding hydrogens is 406 g/mol. The summed E-state index contributed by atoms with van der Waals surface area (Å²) < 4.78 is 55.6. The molecule has 0 unspecified atom stereocenters. The number of halogens is 2. The van der Waals surface area contributed by atoms with Crippen LogP contribution in [0.3, 0.4) is 0 Å². The summed E-state index contributed by atoms with van der Waals surface area (Å²) in [5, 5.41) is 9.24. The van der Waals surface area contributed by atoms with Crippen LogP contribution in [0.1, 0.15) is 15.9 Å². The fourth-order valence-electron chi connectivity index (χ4n) is 3.21. The molecule has 2 aromatic rings. The van der Waals surface area contributed by atoms with Crippen LogP contribution in [0.4, 0.5) is 14.5 Å². The average Bonchev–Trinajstić information content (AvgIpc) is 2.68. The molecule has 3 rings (SSSR count). The molecule has 2 aromatic carbocycles. The zero-order chi connectivity index (χ0) is 21.0. The van der Waals surface area contributed by atoms with E-state index in [2.05, 4.69) is 4.74 Å². The summed E-state index contributed by atoms with van der Waals surface area (Å²) in [6, 6.07) is 12.2. The number of anilines is 1. The van der Waals surface area contributed by atoms with E-state index in [0.717, 1.165) is 5.69 Å². The van der Waals surface area contributed by atoms with Crippen molar-refractivity contribution < 1.29 is 31.8 Å². The summed E-state index contributed by atoms with van der Waals surface area (Å²) in [7, 11) is -3.68. The molecule has 1 saturated heterocycles. The molecule has 0 spiro atoms. The van der Waals surface area contributed by atoms with Crippen LogP contribution in [-0.2, 0) is 15.8 Å². The van der Waals surface area contributed by atoms with E-state index in [9.17, 15) is 27.1 Å². The predicted molar refractivity (Wildman–Crippen MR) is 103 cm³/mol. The maximum absolute atomic E-state index is 12.7. The van der Waals surface area contributed by atoms with E-state index in [0.29, 0.717) is 13.1 Å². The first kappa shape index (κ1) is 21.0. The summed E-state index contributed by atoms with van der Waals surface area (Å²) >= 11 is 0. The number of benzene rings is 2. The normalized spacial score (nSPS) is 15.5. The van der Waals surface area contributed by atoms with Crippen LogP contribution in [-0.4, -0.2) is 56.6 Å². The molecule has 0 amide bonds. The molecule has 0 aromatic heterocycles. The van der Waals surface area contributed by atoms with Gasteiger partial charge in [0.25, 0.3) is 0 Å². The van der Waals surface area contributed by atoms with Gasteiger partial charge in [0.2, 0.25) is 10.0 Å². The predicted octanol–water partition coefficient (Wildman–Crippen LogP) is 2.64. The van der Waals surface area contributed by atoms with Crippen LogP contribution < -0.4 is 9.64 Å². The van der Waals surface area contributed by atoms with Gasteiger partial charge in [0.1, 0.15) is 5.75 Å². The molecule has 0 bridgehead atoms. The van der Waals surface area contributed by atoms with E-state index in [4.69, 9.17) is 0 Å². The molecule has 156 valence electrons. The Balaban J connectivity index is 1.63. The lowest BCUT2D eigenvalue weighted by Gasteiger charge is -2.35. The number of alkyl halides is 2. The van der Waals surface area contributed by atoms with Crippen molar-refractivity contribution in [2.75, 3.05) is 31.1 Å². The highest BCUT2D eigenvalue weighted by Crippen LogP contribution is 2.23. The number of carbonyl (C=O) groups is 1. The highest BCUT2D eigenvalue weighted by Gasteiger charge is 2.28. The number of ether oxygens (including phenoxy) is 1. The number of piperazine rings is 1. The Hall–Kier alpha value is -2.72. The van der Waals surface area contributed by atoms with Gasteiger partial charge < -0.3 is 14.7 Å². The third kappa shape index (κ3) is 5.21. The second kappa shape index (κ2) is 8.75. The Bertz CT molecular complexity index is 959. The van der Waals surface area contributed by atoms with Crippen molar-refractivity contribution in [1.82, 2.24) is 4.31 Å². The lowest BCUT2D eigenvalue weighted by molar-refractivity contribution is -0.0498. The van der Waals surface area contributed by atoms with Crippen molar-refractivity contribution in [3.63, 3.8) is 0 Å². The molecule has 1 aliphatic rings. The number of carboxylic acid groups (broad SMARTS) is 1. The average molecular weight is 426 g/mol. The second-order valence-corrected chi connectivity index (χ2v) is 8.45. The first-order chi connectivity index (χ1) is 13.8. The van der Waals surface area contributed by atoms with E-state index in [-0.39, 0.29) is 35.7 Å². The van der Waals surface area contributed by atoms with Crippen molar-refractivity contribution in [3.05, 3.63) is 59.7 Å². The van der Waals surface area contributed by atoms with E-state index >= 15 is 0 Å². The molecule has 10 heteroatoms. The van der Waals surface area contributed by atoms with Gasteiger partial charge in [0.05, 0.1) is 11.3 Å². The Kier molecular flexibility index (Phi) is 6.33. The van der Waals surface area contributed by atoms with E-state index < -0.39 is 22.6 Å². The molecule has 0 aliphatic carbocycles. The first-order valence-electron chi connectivity index (χ1n) is 8.85. The molecule has 1 N–H and O–H groups in total. The number of hydrogen-bond acceptors (Lipinski definition) is 5. The Labute approximate surface area is 167 Å². The number of nitrogens with zero attached hydrogens (tertiary/aromatic N) is 2. The third-order valence-electron chi connectivity index (χ3n) is 4.64. The first-order valence-corrected chi connectivity index (χ1v) is 10.5. The third-order valence-corrected chi connectivity index (χ3v) is 6.47. The van der Waals surface area contributed by atoms with E-state index in [1.165, 1.54) is 28.6 Å². The number of aromatic carboxylic acids is 1. The molecule has 0 saturated carbocycles. The van der Waals surface area contributed by atoms with E-state index in [1.807, 2.05) is 4.90 Å². The highest BCUT2D eigenvalue weighted by atomic mass is 32.2.